The SMILES string of the molecule is Cc1ccc([N+](=O)[O-])cc1S(=O)(=O)N1c2ccccc2NC(=O)[C@H]1CC(=O)NCCc1ccncc1. The number of sulfonamides is 1. The Bertz CT molecular complexity index is 1430. The van der Waals surface area contributed by atoms with Gasteiger partial charge < -0.3 is 10.6 Å². The topological polar surface area (TPSA) is 152 Å². The number of hydrogen-bond donors (Lipinski definition) is 2. The molecule has 36 heavy (non-hydrogen) atoms. The molecule has 1 aliphatic heterocycles. The van der Waals surface area contributed by atoms with Gasteiger partial charge in [0.25, 0.3) is 15.7 Å². The van der Waals surface area contributed by atoms with Crippen LogP contribution in [-0.4, -0.2) is 42.7 Å². The second-order valence-corrected chi connectivity index (χ2v) is 9.97. The molecule has 0 fully saturated rings. The van der Waals surface area contributed by atoms with Crippen molar-refractivity contribution < 1.29 is 22.9 Å². The van der Waals surface area contributed by atoms with Crippen LogP contribution in [0.15, 0.2) is 71.9 Å². The monoisotopic (exact) mass is 509 g/mol. The van der Waals surface area contributed by atoms with E-state index in [1.165, 1.54) is 25.1 Å². The summed E-state index contributed by atoms with van der Waals surface area (Å²) in [6.07, 6.45) is 3.37. The third kappa shape index (κ3) is 5.03. The summed E-state index contributed by atoms with van der Waals surface area (Å²) in [5, 5.41) is 16.7. The number of nitro benzene ring substituents is 1. The number of pyridine rings is 1. The van der Waals surface area contributed by atoms with Gasteiger partial charge in [-0.15, -0.1) is 0 Å². The van der Waals surface area contributed by atoms with Crippen molar-refractivity contribution >= 4 is 38.9 Å². The van der Waals surface area contributed by atoms with Crippen LogP contribution in [0.4, 0.5) is 17.1 Å². The van der Waals surface area contributed by atoms with E-state index in [2.05, 4.69) is 15.6 Å². The van der Waals surface area contributed by atoms with Crippen LogP contribution in [0.25, 0.3) is 0 Å². The average molecular weight is 510 g/mol. The minimum absolute atomic E-state index is 0.164. The highest BCUT2D eigenvalue weighted by Gasteiger charge is 2.42. The quantitative estimate of drug-likeness (QED) is 0.350. The van der Waals surface area contributed by atoms with Crippen LogP contribution in [0.2, 0.25) is 0 Å². The fraction of sp³-hybridized carbons (Fsp3) is 0.208. The van der Waals surface area contributed by atoms with Gasteiger partial charge >= 0.3 is 0 Å². The number of hydrogen-bond acceptors (Lipinski definition) is 7. The zero-order valence-corrected chi connectivity index (χ0v) is 20.1. The molecule has 4 rings (SSSR count). The van der Waals surface area contributed by atoms with Crippen LogP contribution in [0.3, 0.4) is 0 Å². The number of rotatable bonds is 8. The van der Waals surface area contributed by atoms with E-state index in [0.29, 0.717) is 6.42 Å². The Balaban J connectivity index is 1.66. The lowest BCUT2D eigenvalue weighted by Crippen LogP contribution is -2.52. The fourth-order valence-corrected chi connectivity index (χ4v) is 5.84. The first-order valence-electron chi connectivity index (χ1n) is 11.0. The maximum absolute atomic E-state index is 13.9. The van der Waals surface area contributed by atoms with Crippen LogP contribution in [-0.2, 0) is 26.0 Å². The van der Waals surface area contributed by atoms with E-state index in [-0.39, 0.29) is 28.4 Å². The molecular weight excluding hydrogens is 486 g/mol. The third-order valence-electron chi connectivity index (χ3n) is 5.77. The van der Waals surface area contributed by atoms with Crippen molar-refractivity contribution in [2.75, 3.05) is 16.2 Å². The molecule has 2 amide bonds. The molecule has 0 spiro atoms. The maximum Gasteiger partial charge on any atom is 0.270 e. The van der Waals surface area contributed by atoms with Gasteiger partial charge in [-0.25, -0.2) is 8.42 Å². The largest absolute Gasteiger partial charge is 0.356 e. The number of para-hydroxylation sites is 2. The van der Waals surface area contributed by atoms with Gasteiger partial charge in [-0.1, -0.05) is 18.2 Å². The van der Waals surface area contributed by atoms with Gasteiger partial charge in [-0.2, -0.15) is 0 Å². The van der Waals surface area contributed by atoms with Crippen LogP contribution < -0.4 is 14.9 Å². The summed E-state index contributed by atoms with van der Waals surface area (Å²) in [5.74, 6) is -1.19. The molecule has 0 saturated carbocycles. The van der Waals surface area contributed by atoms with E-state index in [9.17, 15) is 28.1 Å². The number of aryl methyl sites for hydroxylation is 1. The number of aromatic nitrogens is 1. The standard InChI is InChI=1S/C24H23N5O6S/c1-16-6-7-18(29(32)33)14-22(16)36(34,35)28-20-5-3-2-4-19(20)27-24(31)21(28)15-23(30)26-13-10-17-8-11-25-12-9-17/h2-9,11-12,14,21H,10,13,15H2,1H3,(H,26,30)(H,27,31)/t21-/m1/s1. The zero-order chi connectivity index (χ0) is 25.9. The molecule has 0 bridgehead atoms. The number of amides is 2. The third-order valence-corrected chi connectivity index (χ3v) is 7.73. The van der Waals surface area contributed by atoms with Crippen molar-refractivity contribution in [3.05, 3.63) is 88.2 Å². The van der Waals surface area contributed by atoms with Crippen LogP contribution in [0, 0.1) is 17.0 Å². The van der Waals surface area contributed by atoms with Crippen LogP contribution in [0.5, 0.6) is 0 Å². The summed E-state index contributed by atoms with van der Waals surface area (Å²) in [7, 11) is -4.47. The molecule has 2 N–H and O–H groups in total. The summed E-state index contributed by atoms with van der Waals surface area (Å²) in [6, 6.07) is 12.0. The highest BCUT2D eigenvalue weighted by molar-refractivity contribution is 7.93. The zero-order valence-electron chi connectivity index (χ0n) is 19.2. The number of nitro groups is 1. The Hall–Kier alpha value is -4.32. The lowest BCUT2D eigenvalue weighted by Gasteiger charge is -2.37. The van der Waals surface area contributed by atoms with Crippen LogP contribution >= 0.6 is 0 Å². The molecule has 1 aromatic heterocycles. The normalized spacial score (nSPS) is 15.1. The van der Waals surface area contributed by atoms with Crippen molar-refractivity contribution in [3.8, 4) is 0 Å². The first kappa shape index (κ1) is 24.8. The van der Waals surface area contributed by atoms with Gasteiger partial charge in [-0.05, 0) is 48.7 Å². The van der Waals surface area contributed by atoms with Gasteiger partial charge in [0.1, 0.15) is 6.04 Å². The highest BCUT2D eigenvalue weighted by atomic mass is 32.2. The molecule has 186 valence electrons. The minimum atomic E-state index is -4.47. The molecule has 11 nitrogen and oxygen atoms in total. The van der Waals surface area contributed by atoms with E-state index in [1.54, 1.807) is 30.6 Å². The van der Waals surface area contributed by atoms with Crippen molar-refractivity contribution in [2.45, 2.75) is 30.7 Å². The van der Waals surface area contributed by atoms with Gasteiger partial charge in [-0.3, -0.25) is 29.0 Å². The van der Waals surface area contributed by atoms with E-state index in [1.807, 2.05) is 12.1 Å². The number of non-ortho nitro benzene ring substituents is 1. The molecular formula is C24H23N5O6S. The van der Waals surface area contributed by atoms with E-state index in [0.717, 1.165) is 15.9 Å². The summed E-state index contributed by atoms with van der Waals surface area (Å²) in [6.45, 7) is 1.79. The van der Waals surface area contributed by atoms with Gasteiger partial charge in [0.2, 0.25) is 11.8 Å². The van der Waals surface area contributed by atoms with E-state index >= 15 is 0 Å². The van der Waals surface area contributed by atoms with Crippen molar-refractivity contribution in [2.24, 2.45) is 0 Å². The van der Waals surface area contributed by atoms with Crippen molar-refractivity contribution in [1.82, 2.24) is 10.3 Å². The number of carbonyl (C=O) groups is 2. The molecule has 0 saturated heterocycles. The number of nitrogens with zero attached hydrogens (tertiary/aromatic N) is 3. The second-order valence-electron chi connectivity index (χ2n) is 8.19. The van der Waals surface area contributed by atoms with E-state index < -0.39 is 44.9 Å². The van der Waals surface area contributed by atoms with Crippen molar-refractivity contribution in [1.29, 1.82) is 0 Å². The van der Waals surface area contributed by atoms with Gasteiger partial charge in [0.15, 0.2) is 0 Å². The lowest BCUT2D eigenvalue weighted by molar-refractivity contribution is -0.385. The highest BCUT2D eigenvalue weighted by Crippen LogP contribution is 2.38. The Morgan fingerprint density at radius 3 is 2.61 bits per heavy atom. The molecule has 2 heterocycles. The van der Waals surface area contributed by atoms with Crippen molar-refractivity contribution in [3.63, 3.8) is 0 Å². The average Bonchev–Trinajstić information content (AvgIpc) is 2.85. The molecule has 12 heteroatoms. The summed E-state index contributed by atoms with van der Waals surface area (Å²) < 4.78 is 28.6. The maximum atomic E-state index is 13.9. The summed E-state index contributed by atoms with van der Waals surface area (Å²) in [5.41, 5.74) is 1.24. The summed E-state index contributed by atoms with van der Waals surface area (Å²) >= 11 is 0. The Labute approximate surface area is 207 Å². The summed E-state index contributed by atoms with van der Waals surface area (Å²) in [4.78, 5) is 40.0. The molecule has 0 aliphatic carbocycles. The Morgan fingerprint density at radius 1 is 1.17 bits per heavy atom. The van der Waals surface area contributed by atoms with Gasteiger partial charge in [0.05, 0.1) is 27.6 Å². The predicted molar refractivity (Wildman–Crippen MR) is 132 cm³/mol. The molecule has 1 aliphatic rings. The minimum Gasteiger partial charge on any atom is -0.356 e. The lowest BCUT2D eigenvalue weighted by atomic mass is 10.1. The number of benzene rings is 2. The predicted octanol–water partition coefficient (Wildman–Crippen LogP) is 2.56. The van der Waals surface area contributed by atoms with Crippen LogP contribution in [0.1, 0.15) is 17.5 Å². The number of anilines is 2. The molecule has 0 unspecified atom stereocenters. The number of nitrogens with one attached hydrogen (secondary N) is 2. The molecule has 2 aromatic carbocycles. The Kier molecular flexibility index (Phi) is 6.97. The second kappa shape index (κ2) is 10.1. The number of fused-ring (bicyclic) bond motifs is 1. The molecule has 1 atom stereocenters. The molecule has 3 aromatic rings. The smallest absolute Gasteiger partial charge is 0.270 e. The first-order chi connectivity index (χ1) is 17.2. The first-order valence-corrected chi connectivity index (χ1v) is 12.5. The fourth-order valence-electron chi connectivity index (χ4n) is 3.96. The van der Waals surface area contributed by atoms with Gasteiger partial charge in [0, 0.05) is 31.1 Å². The molecule has 0 radical (unpaired) electrons. The number of carbonyl (C=O) groups excluding carboxylic acids is 2. The van der Waals surface area contributed by atoms with E-state index in [4.69, 9.17) is 0 Å². The Morgan fingerprint density at radius 2 is 1.89 bits per heavy atom.